The minimum absolute atomic E-state index is 0.0205. The van der Waals surface area contributed by atoms with Crippen molar-refractivity contribution in [2.45, 2.75) is 23.8 Å². The van der Waals surface area contributed by atoms with Gasteiger partial charge >= 0.3 is 0 Å². The molecule has 0 aliphatic carbocycles. The Balaban J connectivity index is 2.00. The van der Waals surface area contributed by atoms with Gasteiger partial charge < -0.3 is 10.6 Å². The van der Waals surface area contributed by atoms with Gasteiger partial charge in [-0.15, -0.1) is 11.8 Å². The van der Waals surface area contributed by atoms with E-state index in [0.717, 1.165) is 22.6 Å². The molecule has 1 aromatic carbocycles. The van der Waals surface area contributed by atoms with Crippen LogP contribution < -0.4 is 10.6 Å². The average molecular weight is 268 g/mol. The van der Waals surface area contributed by atoms with E-state index in [1.807, 2.05) is 6.07 Å². The van der Waals surface area contributed by atoms with Gasteiger partial charge in [0.15, 0.2) is 0 Å². The van der Waals surface area contributed by atoms with Gasteiger partial charge in [0.2, 0.25) is 5.91 Å². The van der Waals surface area contributed by atoms with E-state index < -0.39 is 0 Å². The van der Waals surface area contributed by atoms with E-state index in [9.17, 15) is 9.18 Å². The molecule has 0 saturated carbocycles. The number of hydrogen-bond acceptors (Lipinski definition) is 3. The molecule has 1 heterocycles. The maximum Gasteiger partial charge on any atom is 0.221 e. The summed E-state index contributed by atoms with van der Waals surface area (Å²) in [5.74, 6) is 0.786. The van der Waals surface area contributed by atoms with Gasteiger partial charge in [0, 0.05) is 31.0 Å². The number of thioether (sulfide) groups is 1. The van der Waals surface area contributed by atoms with Gasteiger partial charge in [0.1, 0.15) is 5.82 Å². The Labute approximate surface area is 111 Å². The van der Waals surface area contributed by atoms with Crippen molar-refractivity contribution in [1.82, 2.24) is 10.6 Å². The molecule has 0 spiro atoms. The molecule has 0 aromatic heterocycles. The summed E-state index contributed by atoms with van der Waals surface area (Å²) in [6, 6.07) is 5.36. The van der Waals surface area contributed by atoms with Gasteiger partial charge in [0.05, 0.1) is 0 Å². The zero-order valence-electron chi connectivity index (χ0n) is 10.3. The fourth-order valence-corrected chi connectivity index (χ4v) is 3.22. The summed E-state index contributed by atoms with van der Waals surface area (Å²) in [7, 11) is 1.63. The molecular weight excluding hydrogens is 251 g/mol. The SMILES string of the molecule is CNC(=O)CCNC1CCSc2c(F)cccc21. The predicted molar refractivity (Wildman–Crippen MR) is 71.2 cm³/mol. The van der Waals surface area contributed by atoms with Gasteiger partial charge in [-0.1, -0.05) is 12.1 Å². The van der Waals surface area contributed by atoms with Gasteiger partial charge in [0.25, 0.3) is 0 Å². The molecule has 18 heavy (non-hydrogen) atoms. The number of rotatable bonds is 4. The molecule has 0 fully saturated rings. The van der Waals surface area contributed by atoms with Crippen molar-refractivity contribution in [1.29, 1.82) is 0 Å². The zero-order valence-corrected chi connectivity index (χ0v) is 11.1. The lowest BCUT2D eigenvalue weighted by Crippen LogP contribution is -2.29. The smallest absolute Gasteiger partial charge is 0.221 e. The Kier molecular flexibility index (Phi) is 4.60. The molecular formula is C13H17FN2OS. The molecule has 5 heteroatoms. The summed E-state index contributed by atoms with van der Waals surface area (Å²) in [5, 5.41) is 5.92. The number of amides is 1. The standard InChI is InChI=1S/C13H17FN2OS/c1-15-12(17)5-7-16-11-6-8-18-13-9(11)3-2-4-10(13)14/h2-4,11,16H,5-8H2,1H3,(H,15,17). The predicted octanol–water partition coefficient (Wildman–Crippen LogP) is 2.09. The summed E-state index contributed by atoms with van der Waals surface area (Å²) < 4.78 is 13.6. The fraction of sp³-hybridized carbons (Fsp3) is 0.462. The third-order valence-corrected chi connectivity index (χ3v) is 4.21. The van der Waals surface area contributed by atoms with Crippen LogP contribution in [0.4, 0.5) is 4.39 Å². The second kappa shape index (κ2) is 6.20. The maximum absolute atomic E-state index is 13.6. The Morgan fingerprint density at radius 2 is 2.39 bits per heavy atom. The van der Waals surface area contributed by atoms with Crippen LogP contribution in [0.25, 0.3) is 0 Å². The Morgan fingerprint density at radius 1 is 1.56 bits per heavy atom. The molecule has 1 aliphatic rings. The molecule has 3 nitrogen and oxygen atoms in total. The van der Waals surface area contributed by atoms with Crippen LogP contribution in [0.2, 0.25) is 0 Å². The number of benzene rings is 1. The first-order valence-corrected chi connectivity index (χ1v) is 7.06. The van der Waals surface area contributed by atoms with Crippen LogP contribution in [0.1, 0.15) is 24.4 Å². The van der Waals surface area contributed by atoms with Gasteiger partial charge in [-0.2, -0.15) is 0 Å². The van der Waals surface area contributed by atoms with Crippen LogP contribution in [-0.2, 0) is 4.79 Å². The fourth-order valence-electron chi connectivity index (χ4n) is 2.08. The van der Waals surface area contributed by atoms with Crippen molar-refractivity contribution in [2.75, 3.05) is 19.3 Å². The lowest BCUT2D eigenvalue weighted by Gasteiger charge is -2.26. The highest BCUT2D eigenvalue weighted by molar-refractivity contribution is 7.99. The third-order valence-electron chi connectivity index (χ3n) is 3.05. The van der Waals surface area contributed by atoms with E-state index in [1.54, 1.807) is 24.9 Å². The van der Waals surface area contributed by atoms with Crippen molar-refractivity contribution in [3.05, 3.63) is 29.6 Å². The topological polar surface area (TPSA) is 41.1 Å². The van der Waals surface area contributed by atoms with E-state index in [-0.39, 0.29) is 17.8 Å². The van der Waals surface area contributed by atoms with E-state index in [2.05, 4.69) is 10.6 Å². The van der Waals surface area contributed by atoms with E-state index >= 15 is 0 Å². The average Bonchev–Trinajstić information content (AvgIpc) is 2.39. The third kappa shape index (κ3) is 3.03. The minimum Gasteiger partial charge on any atom is -0.359 e. The largest absolute Gasteiger partial charge is 0.359 e. The van der Waals surface area contributed by atoms with Crippen LogP contribution >= 0.6 is 11.8 Å². The zero-order chi connectivity index (χ0) is 13.0. The Bertz CT molecular complexity index is 439. The summed E-state index contributed by atoms with van der Waals surface area (Å²) in [6.45, 7) is 0.616. The molecule has 1 aromatic rings. The van der Waals surface area contributed by atoms with Gasteiger partial charge in [-0.3, -0.25) is 4.79 Å². The lowest BCUT2D eigenvalue weighted by molar-refractivity contribution is -0.120. The molecule has 1 unspecified atom stereocenters. The number of carbonyl (C=O) groups is 1. The number of nitrogens with one attached hydrogen (secondary N) is 2. The van der Waals surface area contributed by atoms with Gasteiger partial charge in [-0.25, -0.2) is 4.39 Å². The summed E-state index contributed by atoms with van der Waals surface area (Å²) >= 11 is 1.57. The minimum atomic E-state index is -0.143. The van der Waals surface area contributed by atoms with Crippen molar-refractivity contribution >= 4 is 17.7 Å². The first-order chi connectivity index (χ1) is 8.72. The van der Waals surface area contributed by atoms with Crippen LogP contribution in [0, 0.1) is 5.82 Å². The molecule has 98 valence electrons. The second-order valence-corrected chi connectivity index (χ2v) is 5.33. The highest BCUT2D eigenvalue weighted by Gasteiger charge is 2.22. The van der Waals surface area contributed by atoms with E-state index in [1.165, 1.54) is 6.07 Å². The number of carbonyl (C=O) groups excluding carboxylic acids is 1. The molecule has 1 aliphatic heterocycles. The van der Waals surface area contributed by atoms with Crippen LogP contribution in [-0.4, -0.2) is 25.3 Å². The Hall–Kier alpha value is -1.07. The first-order valence-electron chi connectivity index (χ1n) is 6.07. The van der Waals surface area contributed by atoms with Crippen molar-refractivity contribution in [2.24, 2.45) is 0 Å². The molecule has 2 N–H and O–H groups in total. The molecule has 0 saturated heterocycles. The van der Waals surface area contributed by atoms with Crippen molar-refractivity contribution < 1.29 is 9.18 Å². The lowest BCUT2D eigenvalue weighted by atomic mass is 10.0. The molecule has 1 amide bonds. The van der Waals surface area contributed by atoms with E-state index in [0.29, 0.717) is 13.0 Å². The van der Waals surface area contributed by atoms with Crippen molar-refractivity contribution in [3.8, 4) is 0 Å². The van der Waals surface area contributed by atoms with E-state index in [4.69, 9.17) is 0 Å². The molecule has 1 atom stereocenters. The number of hydrogen-bond donors (Lipinski definition) is 2. The maximum atomic E-state index is 13.6. The monoisotopic (exact) mass is 268 g/mol. The molecule has 0 bridgehead atoms. The van der Waals surface area contributed by atoms with Crippen LogP contribution in [0.3, 0.4) is 0 Å². The highest BCUT2D eigenvalue weighted by atomic mass is 32.2. The normalized spacial score (nSPS) is 18.2. The number of halogens is 1. The summed E-state index contributed by atoms with van der Waals surface area (Å²) in [5.41, 5.74) is 1.02. The Morgan fingerprint density at radius 3 is 3.17 bits per heavy atom. The second-order valence-electron chi connectivity index (χ2n) is 4.23. The van der Waals surface area contributed by atoms with Gasteiger partial charge in [-0.05, 0) is 23.8 Å². The van der Waals surface area contributed by atoms with Crippen LogP contribution in [0.5, 0.6) is 0 Å². The molecule has 0 radical (unpaired) electrons. The van der Waals surface area contributed by atoms with Crippen molar-refractivity contribution in [3.63, 3.8) is 0 Å². The summed E-state index contributed by atoms with van der Waals surface area (Å²) in [4.78, 5) is 11.9. The quantitative estimate of drug-likeness (QED) is 0.878. The molecule has 2 rings (SSSR count). The number of fused-ring (bicyclic) bond motifs is 1. The summed E-state index contributed by atoms with van der Waals surface area (Å²) in [6.07, 6.45) is 1.42. The highest BCUT2D eigenvalue weighted by Crippen LogP contribution is 2.37. The first kappa shape index (κ1) is 13.4. The van der Waals surface area contributed by atoms with Crippen LogP contribution in [0.15, 0.2) is 23.1 Å².